The van der Waals surface area contributed by atoms with Crippen molar-refractivity contribution in [3.8, 4) is 23.3 Å². The summed E-state index contributed by atoms with van der Waals surface area (Å²) >= 11 is 0. The van der Waals surface area contributed by atoms with Gasteiger partial charge in [0.05, 0.1) is 11.7 Å². The molecule has 2 N–H and O–H groups in total. The smallest absolute Gasteiger partial charge is 0.433 e. The minimum Gasteiger partial charge on any atom is -0.455 e. The van der Waals surface area contributed by atoms with Gasteiger partial charge in [0.25, 0.3) is 5.91 Å². The molecule has 1 amide bonds. The van der Waals surface area contributed by atoms with E-state index in [0.717, 1.165) is 17.8 Å². The van der Waals surface area contributed by atoms with Crippen molar-refractivity contribution < 1.29 is 22.7 Å². The number of nitrogens with one attached hydrogen (secondary N) is 2. The van der Waals surface area contributed by atoms with E-state index in [1.165, 1.54) is 12.4 Å². The lowest BCUT2D eigenvalue weighted by Crippen LogP contribution is -2.08. The van der Waals surface area contributed by atoms with Gasteiger partial charge in [0.1, 0.15) is 29.3 Å². The Morgan fingerprint density at radius 1 is 1.00 bits per heavy atom. The lowest BCUT2D eigenvalue weighted by atomic mass is 10.1. The number of halogens is 3. The maximum absolute atomic E-state index is 12.7. The van der Waals surface area contributed by atoms with Gasteiger partial charge in [-0.05, 0) is 73.9 Å². The number of ether oxygens (including phenoxy) is 1. The van der Waals surface area contributed by atoms with E-state index in [-0.39, 0.29) is 5.75 Å². The zero-order valence-electron chi connectivity index (χ0n) is 18.6. The number of alkyl halides is 3. The summed E-state index contributed by atoms with van der Waals surface area (Å²) < 4.78 is 43.8. The van der Waals surface area contributed by atoms with Crippen molar-refractivity contribution in [1.82, 2.24) is 15.0 Å². The Hall–Kier alpha value is -4.65. The van der Waals surface area contributed by atoms with Gasteiger partial charge in [0, 0.05) is 16.8 Å². The molecular formula is C25H18F3N5O2. The Balaban J connectivity index is 1.54. The Morgan fingerprint density at radius 3 is 2.49 bits per heavy atom. The van der Waals surface area contributed by atoms with E-state index < -0.39 is 17.8 Å². The number of carbonyl (C=O) groups is 1. The summed E-state index contributed by atoms with van der Waals surface area (Å²) in [6.07, 6.45) is -2.06. The van der Waals surface area contributed by atoms with Gasteiger partial charge in [-0.1, -0.05) is 5.92 Å². The Labute approximate surface area is 198 Å². The van der Waals surface area contributed by atoms with Crippen LogP contribution in [-0.2, 0) is 11.0 Å². The van der Waals surface area contributed by atoms with Crippen LogP contribution in [0, 0.1) is 18.8 Å². The van der Waals surface area contributed by atoms with Crippen LogP contribution in [0.4, 0.5) is 30.4 Å². The monoisotopic (exact) mass is 477 g/mol. The quantitative estimate of drug-likeness (QED) is 0.351. The summed E-state index contributed by atoms with van der Waals surface area (Å²) in [5.74, 6) is 5.71. The zero-order chi connectivity index (χ0) is 25.0. The molecule has 0 aliphatic rings. The van der Waals surface area contributed by atoms with E-state index in [9.17, 15) is 18.0 Å². The van der Waals surface area contributed by atoms with Gasteiger partial charge in [-0.15, -0.1) is 0 Å². The molecule has 2 heterocycles. The molecule has 0 fully saturated rings. The van der Waals surface area contributed by atoms with Crippen LogP contribution < -0.4 is 15.4 Å². The van der Waals surface area contributed by atoms with Gasteiger partial charge in [0.15, 0.2) is 0 Å². The highest BCUT2D eigenvalue weighted by molar-refractivity contribution is 6.05. The summed E-state index contributed by atoms with van der Waals surface area (Å²) in [5.41, 5.74) is 1.67. The Morgan fingerprint density at radius 2 is 1.80 bits per heavy atom. The average Bonchev–Trinajstić information content (AvgIpc) is 2.81. The summed E-state index contributed by atoms with van der Waals surface area (Å²) in [5, 5.41) is 6.61. The number of nitrogens with zero attached hydrogens (tertiary/aromatic N) is 3. The van der Waals surface area contributed by atoms with Crippen LogP contribution in [0.3, 0.4) is 0 Å². The number of fused-ring (bicyclic) bond motifs is 1. The fourth-order valence-corrected chi connectivity index (χ4v) is 3.22. The lowest BCUT2D eigenvalue weighted by molar-refractivity contribution is -0.141. The first-order valence-electron chi connectivity index (χ1n) is 10.3. The third kappa shape index (κ3) is 5.65. The van der Waals surface area contributed by atoms with E-state index >= 15 is 0 Å². The Bertz CT molecular complexity index is 1460. The first-order valence-corrected chi connectivity index (χ1v) is 10.3. The van der Waals surface area contributed by atoms with E-state index in [4.69, 9.17) is 4.74 Å². The van der Waals surface area contributed by atoms with Crippen molar-refractivity contribution in [3.05, 3.63) is 72.3 Å². The number of amides is 1. The van der Waals surface area contributed by atoms with Gasteiger partial charge in [-0.3, -0.25) is 4.79 Å². The number of hydrogen-bond acceptors (Lipinski definition) is 6. The molecule has 0 spiro atoms. The van der Waals surface area contributed by atoms with E-state index in [0.29, 0.717) is 33.8 Å². The standard InChI is InChI=1S/C25H18F3N5O2/c1-3-4-23(34)32-17-5-8-20-19(12-17)24(31-14-30-20)33-16-6-9-21(15(2)11-16)35-18-7-10-22(29-13-18)25(26,27)28/h5-14H,1-2H3,(H,32,34)(H,30,31,33). The number of rotatable bonds is 5. The molecule has 7 nitrogen and oxygen atoms in total. The molecule has 2 aromatic heterocycles. The SMILES string of the molecule is CC#CC(=O)Nc1ccc2ncnc(Nc3ccc(Oc4ccc(C(F)(F)F)nc4)c(C)c3)c2c1. The number of benzene rings is 2. The fourth-order valence-electron chi connectivity index (χ4n) is 3.22. The second kappa shape index (κ2) is 9.69. The fraction of sp³-hybridized carbons (Fsp3) is 0.120. The molecule has 4 rings (SSSR count). The minimum atomic E-state index is -4.51. The number of hydrogen-bond donors (Lipinski definition) is 2. The summed E-state index contributed by atoms with van der Waals surface area (Å²) in [7, 11) is 0. The number of aryl methyl sites for hydroxylation is 1. The van der Waals surface area contributed by atoms with Crippen molar-refractivity contribution in [1.29, 1.82) is 0 Å². The minimum absolute atomic E-state index is 0.186. The molecule has 0 unspecified atom stereocenters. The highest BCUT2D eigenvalue weighted by Gasteiger charge is 2.32. The largest absolute Gasteiger partial charge is 0.455 e. The average molecular weight is 477 g/mol. The van der Waals surface area contributed by atoms with E-state index in [1.807, 2.05) is 6.07 Å². The van der Waals surface area contributed by atoms with Gasteiger partial charge in [0.2, 0.25) is 0 Å². The third-order valence-electron chi connectivity index (χ3n) is 4.82. The van der Waals surface area contributed by atoms with Crippen molar-refractivity contribution in [2.24, 2.45) is 0 Å². The Kier molecular flexibility index (Phi) is 6.51. The topological polar surface area (TPSA) is 89.0 Å². The van der Waals surface area contributed by atoms with Crippen molar-refractivity contribution >= 4 is 34.0 Å². The van der Waals surface area contributed by atoms with Crippen LogP contribution in [0.15, 0.2) is 61.1 Å². The summed E-state index contributed by atoms with van der Waals surface area (Å²) in [6.45, 7) is 3.38. The normalized spacial score (nSPS) is 10.9. The van der Waals surface area contributed by atoms with Crippen LogP contribution in [0.25, 0.3) is 10.9 Å². The number of anilines is 3. The van der Waals surface area contributed by atoms with Crippen molar-refractivity contribution in [2.45, 2.75) is 20.0 Å². The number of aromatic nitrogens is 3. The van der Waals surface area contributed by atoms with Gasteiger partial charge < -0.3 is 15.4 Å². The first-order chi connectivity index (χ1) is 16.7. The maximum atomic E-state index is 12.7. The van der Waals surface area contributed by atoms with Crippen LogP contribution in [0.1, 0.15) is 18.2 Å². The molecule has 35 heavy (non-hydrogen) atoms. The van der Waals surface area contributed by atoms with E-state index in [2.05, 4.69) is 37.4 Å². The molecule has 0 aliphatic heterocycles. The van der Waals surface area contributed by atoms with Gasteiger partial charge in [-0.2, -0.15) is 13.2 Å². The molecule has 0 atom stereocenters. The second-order valence-electron chi connectivity index (χ2n) is 7.37. The lowest BCUT2D eigenvalue weighted by Gasteiger charge is -2.13. The molecule has 0 bridgehead atoms. The molecule has 0 saturated carbocycles. The predicted octanol–water partition coefficient (Wildman–Crippen LogP) is 5.85. The molecule has 0 aliphatic carbocycles. The van der Waals surface area contributed by atoms with Crippen molar-refractivity contribution in [3.63, 3.8) is 0 Å². The maximum Gasteiger partial charge on any atom is 0.433 e. The van der Waals surface area contributed by atoms with Crippen LogP contribution >= 0.6 is 0 Å². The highest BCUT2D eigenvalue weighted by Crippen LogP contribution is 2.32. The molecule has 2 aromatic carbocycles. The summed E-state index contributed by atoms with van der Waals surface area (Å²) in [6, 6.07) is 12.6. The van der Waals surface area contributed by atoms with Crippen LogP contribution in [0.2, 0.25) is 0 Å². The van der Waals surface area contributed by atoms with Crippen molar-refractivity contribution in [2.75, 3.05) is 10.6 Å². The molecule has 176 valence electrons. The molecule has 4 aromatic rings. The zero-order valence-corrected chi connectivity index (χ0v) is 18.6. The molecule has 0 radical (unpaired) electrons. The van der Waals surface area contributed by atoms with Crippen LogP contribution in [0.5, 0.6) is 11.5 Å². The highest BCUT2D eigenvalue weighted by atomic mass is 19.4. The van der Waals surface area contributed by atoms with Crippen LogP contribution in [-0.4, -0.2) is 20.9 Å². The molecule has 0 saturated heterocycles. The third-order valence-corrected chi connectivity index (χ3v) is 4.82. The number of pyridine rings is 1. The first kappa shape index (κ1) is 23.5. The molecule has 10 heteroatoms. The summed E-state index contributed by atoms with van der Waals surface area (Å²) in [4.78, 5) is 23.8. The van der Waals surface area contributed by atoms with Gasteiger partial charge in [-0.25, -0.2) is 15.0 Å². The molecular weight excluding hydrogens is 459 g/mol. The van der Waals surface area contributed by atoms with Gasteiger partial charge >= 0.3 is 6.18 Å². The number of carbonyl (C=O) groups excluding carboxylic acids is 1. The van der Waals surface area contributed by atoms with E-state index in [1.54, 1.807) is 44.2 Å². The predicted molar refractivity (Wildman–Crippen MR) is 125 cm³/mol. The second-order valence-corrected chi connectivity index (χ2v) is 7.37.